The molecule has 0 spiro atoms. The lowest BCUT2D eigenvalue weighted by molar-refractivity contribution is -0.138. The molecule has 4 aromatic carbocycles. The first kappa shape index (κ1) is 31.7. The number of carbonyl (C=O) groups is 4. The van der Waals surface area contributed by atoms with Gasteiger partial charge in [0.1, 0.15) is 5.75 Å². The molecule has 1 saturated carbocycles. The summed E-state index contributed by atoms with van der Waals surface area (Å²) in [6.45, 7) is 1.95. The predicted molar refractivity (Wildman–Crippen MR) is 186 cm³/mol. The molecule has 4 aromatic rings. The zero-order valence-corrected chi connectivity index (χ0v) is 27.1. The van der Waals surface area contributed by atoms with Crippen LogP contribution in [0.5, 0.6) is 5.75 Å². The van der Waals surface area contributed by atoms with Crippen molar-refractivity contribution in [3.63, 3.8) is 0 Å². The first-order valence-electron chi connectivity index (χ1n) is 16.7. The van der Waals surface area contributed by atoms with Gasteiger partial charge in [0.15, 0.2) is 0 Å². The molecule has 250 valence electrons. The predicted octanol–water partition coefficient (Wildman–Crippen LogP) is 3.57. The summed E-state index contributed by atoms with van der Waals surface area (Å²) in [5.41, 5.74) is 5.82. The summed E-state index contributed by atoms with van der Waals surface area (Å²) in [6.07, 6.45) is 2.37. The van der Waals surface area contributed by atoms with E-state index in [2.05, 4.69) is 5.43 Å². The molecular formula is C39H34BN3O7. The van der Waals surface area contributed by atoms with Crippen molar-refractivity contribution in [2.75, 3.05) is 10.3 Å². The van der Waals surface area contributed by atoms with Gasteiger partial charge in [-0.3, -0.25) is 29.5 Å². The van der Waals surface area contributed by atoms with E-state index < -0.39 is 65.8 Å². The lowest BCUT2D eigenvalue weighted by Gasteiger charge is -2.50. The number of phenolic OH excluding ortho intramolecular Hbond substituents is 1. The standard InChI is InChI=1S/C39H34BN3O7/c1-22-10-14-26(15-11-22)41-43-36(46)32-21-31-29(18-19-30-33(31)37(47)42(35(30)45)27-9-5-8-25(20-27)40(49)50)34(23-12-16-28(44)17-13-23)39(32,38(43)48)24-6-3-2-4-7-24/h2-18,20,30-34,41,44,49-50H,19,21H2,1H3. The zero-order valence-electron chi connectivity index (χ0n) is 27.1. The number of phenols is 1. The highest BCUT2D eigenvalue weighted by atomic mass is 16.4. The maximum atomic E-state index is 15.1. The number of allylic oxidation sites excluding steroid dienone is 2. The molecule has 4 amide bonds. The Kier molecular flexibility index (Phi) is 7.50. The lowest BCUT2D eigenvalue weighted by atomic mass is 9.49. The molecule has 2 saturated heterocycles. The molecule has 50 heavy (non-hydrogen) atoms. The van der Waals surface area contributed by atoms with Gasteiger partial charge in [-0.2, -0.15) is 5.01 Å². The molecule has 4 aliphatic rings. The number of nitrogens with one attached hydrogen (secondary N) is 1. The van der Waals surface area contributed by atoms with Crippen molar-refractivity contribution < 1.29 is 34.3 Å². The molecule has 0 radical (unpaired) electrons. The Balaban J connectivity index is 1.29. The van der Waals surface area contributed by atoms with Gasteiger partial charge in [0, 0.05) is 5.92 Å². The highest BCUT2D eigenvalue weighted by molar-refractivity contribution is 6.58. The molecule has 4 N–H and O–H groups in total. The van der Waals surface area contributed by atoms with Gasteiger partial charge in [-0.15, -0.1) is 0 Å². The van der Waals surface area contributed by atoms with E-state index in [-0.39, 0.29) is 29.7 Å². The Bertz CT molecular complexity index is 2070. The van der Waals surface area contributed by atoms with Crippen LogP contribution in [-0.2, 0) is 24.6 Å². The molecule has 3 fully saturated rings. The van der Waals surface area contributed by atoms with Gasteiger partial charge in [-0.25, -0.2) is 0 Å². The second-order valence-corrected chi connectivity index (χ2v) is 13.7. The van der Waals surface area contributed by atoms with Gasteiger partial charge in [-0.05, 0) is 78.7 Å². The number of benzene rings is 4. The smallest absolute Gasteiger partial charge is 0.488 e. The van der Waals surface area contributed by atoms with Crippen molar-refractivity contribution in [2.45, 2.75) is 31.1 Å². The molecule has 2 heterocycles. The van der Waals surface area contributed by atoms with E-state index in [0.717, 1.165) is 21.0 Å². The van der Waals surface area contributed by atoms with E-state index in [1.165, 1.54) is 12.1 Å². The highest BCUT2D eigenvalue weighted by Gasteiger charge is 2.70. The van der Waals surface area contributed by atoms with E-state index in [4.69, 9.17) is 0 Å². The van der Waals surface area contributed by atoms with Gasteiger partial charge in [0.25, 0.3) is 11.8 Å². The second-order valence-electron chi connectivity index (χ2n) is 13.7. The summed E-state index contributed by atoms with van der Waals surface area (Å²) < 4.78 is 0. The molecule has 10 nitrogen and oxygen atoms in total. The average Bonchev–Trinajstić information content (AvgIpc) is 3.51. The normalized spacial score (nSPS) is 27.1. The van der Waals surface area contributed by atoms with Crippen molar-refractivity contribution in [3.8, 4) is 5.75 Å². The number of aromatic hydroxyl groups is 1. The second kappa shape index (κ2) is 11.8. The minimum absolute atomic E-state index is 0.0445. The van der Waals surface area contributed by atoms with Crippen molar-refractivity contribution in [3.05, 3.63) is 131 Å². The number of hydrazine groups is 1. The van der Waals surface area contributed by atoms with Gasteiger partial charge < -0.3 is 15.2 Å². The Morgan fingerprint density at radius 1 is 0.800 bits per heavy atom. The third-order valence-electron chi connectivity index (χ3n) is 11.0. The van der Waals surface area contributed by atoms with Crippen LogP contribution in [0.3, 0.4) is 0 Å². The van der Waals surface area contributed by atoms with Crippen LogP contribution in [-0.4, -0.2) is 50.9 Å². The van der Waals surface area contributed by atoms with E-state index in [9.17, 15) is 29.5 Å². The SMILES string of the molecule is Cc1ccc(NN2C(=O)C3CC4C(=CCC5C(=O)N(c6cccc(B(O)O)c6)C(=O)C54)C(c4ccc(O)cc4)C3(c3ccccc3)C2=O)cc1. The van der Waals surface area contributed by atoms with Crippen molar-refractivity contribution in [1.82, 2.24) is 5.01 Å². The topological polar surface area (TPSA) is 147 Å². The van der Waals surface area contributed by atoms with Crippen molar-refractivity contribution in [2.24, 2.45) is 23.7 Å². The number of anilines is 2. The molecule has 2 aliphatic carbocycles. The Hall–Kier alpha value is -5.52. The number of hydrogen-bond donors (Lipinski definition) is 4. The van der Waals surface area contributed by atoms with Crippen LogP contribution in [0.25, 0.3) is 0 Å². The van der Waals surface area contributed by atoms with Crippen LogP contribution in [0.15, 0.2) is 115 Å². The number of carbonyl (C=O) groups excluding carboxylic acids is 4. The fourth-order valence-electron chi connectivity index (χ4n) is 8.87. The summed E-state index contributed by atoms with van der Waals surface area (Å²) in [5.74, 6) is -5.29. The quantitative estimate of drug-likeness (QED) is 0.139. The van der Waals surface area contributed by atoms with Gasteiger partial charge >= 0.3 is 7.12 Å². The monoisotopic (exact) mass is 667 g/mol. The fraction of sp³-hybridized carbons (Fsp3) is 0.231. The number of hydrogen-bond acceptors (Lipinski definition) is 8. The van der Waals surface area contributed by atoms with Gasteiger partial charge in [0.05, 0.1) is 34.5 Å². The summed E-state index contributed by atoms with van der Waals surface area (Å²) in [4.78, 5) is 59.4. The summed E-state index contributed by atoms with van der Waals surface area (Å²) in [7, 11) is -1.78. The van der Waals surface area contributed by atoms with E-state index in [0.29, 0.717) is 16.8 Å². The fourth-order valence-corrected chi connectivity index (χ4v) is 8.87. The zero-order chi connectivity index (χ0) is 34.9. The Labute approximate surface area is 288 Å². The van der Waals surface area contributed by atoms with Crippen LogP contribution in [0.4, 0.5) is 11.4 Å². The molecular weight excluding hydrogens is 633 g/mol. The Morgan fingerprint density at radius 3 is 2.22 bits per heavy atom. The third-order valence-corrected chi connectivity index (χ3v) is 11.0. The van der Waals surface area contributed by atoms with Crippen LogP contribution >= 0.6 is 0 Å². The molecule has 0 bridgehead atoms. The number of nitrogens with zero attached hydrogens (tertiary/aromatic N) is 2. The van der Waals surface area contributed by atoms with Crippen LogP contribution in [0.1, 0.15) is 35.4 Å². The minimum Gasteiger partial charge on any atom is -0.508 e. The van der Waals surface area contributed by atoms with Crippen LogP contribution in [0, 0.1) is 30.6 Å². The summed E-state index contributed by atoms with van der Waals surface area (Å²) in [6, 6.07) is 29.3. The number of fused-ring (bicyclic) bond motifs is 4. The largest absolute Gasteiger partial charge is 0.508 e. The molecule has 6 atom stereocenters. The number of rotatable bonds is 6. The molecule has 6 unspecified atom stereocenters. The average molecular weight is 668 g/mol. The molecule has 2 aliphatic heterocycles. The van der Waals surface area contributed by atoms with Crippen LogP contribution in [0.2, 0.25) is 0 Å². The summed E-state index contributed by atoms with van der Waals surface area (Å²) in [5, 5.41) is 31.0. The minimum atomic E-state index is -1.78. The summed E-state index contributed by atoms with van der Waals surface area (Å²) >= 11 is 0. The van der Waals surface area contributed by atoms with Crippen LogP contribution < -0.4 is 15.8 Å². The lowest BCUT2D eigenvalue weighted by Crippen LogP contribution is -2.53. The maximum absolute atomic E-state index is 15.1. The number of amides is 4. The van der Waals surface area contributed by atoms with E-state index in [1.54, 1.807) is 48.5 Å². The maximum Gasteiger partial charge on any atom is 0.488 e. The van der Waals surface area contributed by atoms with Crippen molar-refractivity contribution in [1.29, 1.82) is 0 Å². The molecule has 11 heteroatoms. The third kappa shape index (κ3) is 4.64. The first-order valence-corrected chi connectivity index (χ1v) is 16.7. The molecule has 8 rings (SSSR count). The van der Waals surface area contributed by atoms with Gasteiger partial charge in [-0.1, -0.05) is 83.9 Å². The first-order chi connectivity index (χ1) is 24.1. The van der Waals surface area contributed by atoms with E-state index >= 15 is 4.79 Å². The highest BCUT2D eigenvalue weighted by Crippen LogP contribution is 2.64. The Morgan fingerprint density at radius 2 is 1.52 bits per heavy atom. The molecule has 0 aromatic heterocycles. The number of aryl methyl sites for hydroxylation is 1. The van der Waals surface area contributed by atoms with Gasteiger partial charge in [0.2, 0.25) is 11.8 Å². The van der Waals surface area contributed by atoms with Crippen molar-refractivity contribution >= 4 is 47.6 Å². The number of imide groups is 2. The van der Waals surface area contributed by atoms with E-state index in [1.807, 2.05) is 55.5 Å².